The molecule has 6 rings (SSSR count). The lowest BCUT2D eigenvalue weighted by Crippen LogP contribution is -2.35. The third-order valence-electron chi connectivity index (χ3n) is 8.49. The first-order chi connectivity index (χ1) is 23.0. The van der Waals surface area contributed by atoms with E-state index in [1.807, 2.05) is 41.4 Å². The third-order valence-corrected chi connectivity index (χ3v) is 8.49. The molecule has 0 spiro atoms. The van der Waals surface area contributed by atoms with Crippen molar-refractivity contribution in [3.05, 3.63) is 59.2 Å². The Morgan fingerprint density at radius 3 is 2.19 bits per heavy atom. The van der Waals surface area contributed by atoms with Crippen LogP contribution in [0.25, 0.3) is 0 Å². The van der Waals surface area contributed by atoms with Gasteiger partial charge in [-0.1, -0.05) is 5.16 Å². The van der Waals surface area contributed by atoms with Crippen LogP contribution < -0.4 is 33.2 Å². The number of fused-ring (bicyclic) bond motifs is 2. The molecular weight excluding hydrogens is 606 g/mol. The van der Waals surface area contributed by atoms with Crippen molar-refractivity contribution in [2.45, 2.75) is 37.8 Å². The number of aliphatic imine (C=N–C) groups is 1. The first-order valence-corrected chi connectivity index (χ1v) is 15.5. The fourth-order valence-electron chi connectivity index (χ4n) is 6.03. The topological polar surface area (TPSA) is 119 Å². The summed E-state index contributed by atoms with van der Waals surface area (Å²) in [5, 5.41) is 4.37. The molecule has 3 aliphatic rings. The first kappa shape index (κ1) is 31.8. The van der Waals surface area contributed by atoms with Gasteiger partial charge in [0.25, 0.3) is 5.91 Å². The average Bonchev–Trinajstić information content (AvgIpc) is 3.78. The molecule has 0 aromatic heterocycles. The van der Waals surface area contributed by atoms with Crippen molar-refractivity contribution in [3.63, 3.8) is 0 Å². The molecule has 1 saturated heterocycles. The fraction of sp³-hybridized carbons (Fsp3) is 0.400. The van der Waals surface area contributed by atoms with E-state index in [1.165, 1.54) is 0 Å². The molecule has 0 radical (unpaired) electrons. The van der Waals surface area contributed by atoms with Crippen LogP contribution in [0.15, 0.2) is 52.6 Å². The third kappa shape index (κ3) is 6.45. The van der Waals surface area contributed by atoms with Crippen molar-refractivity contribution in [3.8, 4) is 40.2 Å². The van der Waals surface area contributed by atoms with E-state index in [4.69, 9.17) is 38.0 Å². The predicted octanol–water partition coefficient (Wildman–Crippen LogP) is 5.76. The summed E-state index contributed by atoms with van der Waals surface area (Å²) in [7, 11) is 7.89. The smallest absolute Gasteiger partial charge is 0.256 e. The number of benzene rings is 3. The van der Waals surface area contributed by atoms with Gasteiger partial charge in [0, 0.05) is 42.8 Å². The van der Waals surface area contributed by atoms with E-state index in [-0.39, 0.29) is 18.1 Å². The fourth-order valence-corrected chi connectivity index (χ4v) is 6.03. The molecule has 3 heterocycles. The van der Waals surface area contributed by atoms with Crippen molar-refractivity contribution in [2.75, 3.05) is 55.3 Å². The number of hydrogen-bond donors (Lipinski definition) is 0. The molecule has 0 bridgehead atoms. The van der Waals surface area contributed by atoms with Gasteiger partial charge in [0.05, 0.1) is 71.8 Å². The Hall–Kier alpha value is -5.13. The lowest BCUT2D eigenvalue weighted by molar-refractivity contribution is 0.0774. The molecule has 0 aliphatic carbocycles. The number of hydrogen-bond acceptors (Lipinski definition) is 11. The van der Waals surface area contributed by atoms with Gasteiger partial charge in [-0.15, -0.1) is 0 Å². The lowest BCUT2D eigenvalue weighted by atomic mass is 9.99. The molecule has 0 saturated carbocycles. The number of carbonyl (C=O) groups is 1. The summed E-state index contributed by atoms with van der Waals surface area (Å²) in [6.45, 7) is 1.47. The Labute approximate surface area is 273 Å². The standard InChI is InChI=1S/C35H39N3O9/c1-40-27-10-9-21(25-18-28(47-37-25)22-15-32(42-3)34(44-5)33(16-22)43-4)14-30(27)45-12-7-13-46-31-19-26-24(17-29(31)41-2)35(39)38-11-6-8-23(38)20-36-26/h9-10,14-17,19-20,23,28H,6-8,11-13,18H2,1-5H3/t23-,28?/m0/s1. The minimum Gasteiger partial charge on any atom is -0.493 e. The van der Waals surface area contributed by atoms with Crippen LogP contribution in [0.5, 0.6) is 40.2 Å². The van der Waals surface area contributed by atoms with Gasteiger partial charge < -0.3 is 42.9 Å². The number of oxime groups is 1. The molecule has 2 atom stereocenters. The van der Waals surface area contributed by atoms with E-state index in [0.717, 1.165) is 36.2 Å². The van der Waals surface area contributed by atoms with Crippen LogP contribution in [0.3, 0.4) is 0 Å². The van der Waals surface area contributed by atoms with Gasteiger partial charge in [0.2, 0.25) is 5.75 Å². The summed E-state index contributed by atoms with van der Waals surface area (Å²) in [5.74, 6) is 3.79. The number of rotatable bonds is 13. The van der Waals surface area contributed by atoms with Crippen LogP contribution in [-0.2, 0) is 4.84 Å². The molecule has 0 N–H and O–H groups in total. The second-order valence-electron chi connectivity index (χ2n) is 11.2. The van der Waals surface area contributed by atoms with E-state index in [9.17, 15) is 4.79 Å². The Morgan fingerprint density at radius 1 is 0.809 bits per heavy atom. The van der Waals surface area contributed by atoms with Crippen molar-refractivity contribution in [1.82, 2.24) is 4.90 Å². The molecule has 12 heteroatoms. The van der Waals surface area contributed by atoms with Gasteiger partial charge in [-0.25, -0.2) is 0 Å². The van der Waals surface area contributed by atoms with Gasteiger partial charge >= 0.3 is 0 Å². The van der Waals surface area contributed by atoms with Crippen LogP contribution in [0, 0.1) is 0 Å². The molecule has 3 aromatic rings. The number of ether oxygens (including phenoxy) is 7. The second kappa shape index (κ2) is 14.1. The van der Waals surface area contributed by atoms with E-state index in [1.54, 1.807) is 47.7 Å². The lowest BCUT2D eigenvalue weighted by Gasteiger charge is -2.20. The zero-order chi connectivity index (χ0) is 32.9. The summed E-state index contributed by atoms with van der Waals surface area (Å²) in [4.78, 5) is 25.4. The number of methoxy groups -OCH3 is 5. The van der Waals surface area contributed by atoms with Crippen LogP contribution >= 0.6 is 0 Å². The molecule has 47 heavy (non-hydrogen) atoms. The van der Waals surface area contributed by atoms with Crippen LogP contribution in [0.4, 0.5) is 5.69 Å². The molecular formula is C35H39N3O9. The van der Waals surface area contributed by atoms with E-state index < -0.39 is 0 Å². The normalized spacial score (nSPS) is 18.0. The molecule has 1 fully saturated rings. The van der Waals surface area contributed by atoms with Crippen molar-refractivity contribution in [1.29, 1.82) is 0 Å². The van der Waals surface area contributed by atoms with Gasteiger partial charge in [0.15, 0.2) is 40.6 Å². The van der Waals surface area contributed by atoms with Gasteiger partial charge in [-0.2, -0.15) is 0 Å². The zero-order valence-electron chi connectivity index (χ0n) is 27.2. The predicted molar refractivity (Wildman–Crippen MR) is 175 cm³/mol. The van der Waals surface area contributed by atoms with E-state index in [2.05, 4.69) is 10.1 Å². The highest BCUT2D eigenvalue weighted by Crippen LogP contribution is 2.43. The monoisotopic (exact) mass is 645 g/mol. The summed E-state index contributed by atoms with van der Waals surface area (Å²) < 4.78 is 39.8. The maximum Gasteiger partial charge on any atom is 0.256 e. The maximum absolute atomic E-state index is 13.1. The average molecular weight is 646 g/mol. The van der Waals surface area contributed by atoms with Crippen LogP contribution in [0.2, 0.25) is 0 Å². The first-order valence-electron chi connectivity index (χ1n) is 15.5. The highest BCUT2D eigenvalue weighted by atomic mass is 16.6. The molecule has 3 aliphatic heterocycles. The van der Waals surface area contributed by atoms with Gasteiger partial charge in [-0.05, 0) is 49.2 Å². The Morgan fingerprint density at radius 2 is 1.51 bits per heavy atom. The summed E-state index contributed by atoms with van der Waals surface area (Å²) in [6.07, 6.45) is 4.56. The molecule has 1 unspecified atom stereocenters. The largest absolute Gasteiger partial charge is 0.493 e. The Bertz CT molecular complexity index is 1660. The summed E-state index contributed by atoms with van der Waals surface area (Å²) in [6, 6.07) is 12.9. The van der Waals surface area contributed by atoms with E-state index in [0.29, 0.717) is 77.6 Å². The Kier molecular flexibility index (Phi) is 9.55. The van der Waals surface area contributed by atoms with Crippen molar-refractivity contribution < 1.29 is 42.8 Å². The second-order valence-corrected chi connectivity index (χ2v) is 11.2. The van der Waals surface area contributed by atoms with Crippen molar-refractivity contribution in [2.24, 2.45) is 10.1 Å². The molecule has 1 amide bonds. The SMILES string of the molecule is COc1ccc(C2=NOC(c3cc(OC)c(OC)c(OC)c3)C2)cc1OCCCOc1cc2c(cc1OC)C(=O)N1CCC[C@H]1C=N2. The minimum atomic E-state index is -0.326. The number of nitrogens with zero attached hydrogens (tertiary/aromatic N) is 3. The van der Waals surface area contributed by atoms with Crippen molar-refractivity contribution >= 4 is 23.5 Å². The zero-order valence-corrected chi connectivity index (χ0v) is 27.2. The highest BCUT2D eigenvalue weighted by molar-refractivity contribution is 6.03. The quantitative estimate of drug-likeness (QED) is 0.214. The minimum absolute atomic E-state index is 0.0266. The Balaban J connectivity index is 1.08. The summed E-state index contributed by atoms with van der Waals surface area (Å²) in [5.41, 5.74) is 3.60. The highest BCUT2D eigenvalue weighted by Gasteiger charge is 2.33. The number of amides is 1. The number of carbonyl (C=O) groups excluding carboxylic acids is 1. The van der Waals surface area contributed by atoms with E-state index >= 15 is 0 Å². The van der Waals surface area contributed by atoms with Crippen LogP contribution in [-0.4, -0.2) is 84.1 Å². The summed E-state index contributed by atoms with van der Waals surface area (Å²) >= 11 is 0. The van der Waals surface area contributed by atoms with Crippen LogP contribution in [0.1, 0.15) is 53.3 Å². The maximum atomic E-state index is 13.1. The van der Waals surface area contributed by atoms with Gasteiger partial charge in [0.1, 0.15) is 0 Å². The van der Waals surface area contributed by atoms with Gasteiger partial charge in [-0.3, -0.25) is 9.79 Å². The molecule has 3 aromatic carbocycles. The molecule has 248 valence electrons. The molecule has 12 nitrogen and oxygen atoms in total.